The Morgan fingerprint density at radius 2 is 1.71 bits per heavy atom. The number of carbonyl (C=O) groups excluding carboxylic acids is 2. The molecule has 8 nitrogen and oxygen atoms in total. The van der Waals surface area contributed by atoms with Crippen LogP contribution in [0.2, 0.25) is 0 Å². The predicted molar refractivity (Wildman–Crippen MR) is 133 cm³/mol. The van der Waals surface area contributed by atoms with Gasteiger partial charge in [-0.1, -0.05) is 48.5 Å². The largest absolute Gasteiger partial charge is 0.481 e. The zero-order valence-corrected chi connectivity index (χ0v) is 20.4. The van der Waals surface area contributed by atoms with E-state index in [4.69, 9.17) is 9.84 Å². The number of benzene rings is 2. The van der Waals surface area contributed by atoms with Crippen LogP contribution in [0.15, 0.2) is 48.5 Å². The molecule has 0 spiro atoms. The van der Waals surface area contributed by atoms with Gasteiger partial charge in [0.2, 0.25) is 0 Å². The van der Waals surface area contributed by atoms with Crippen molar-refractivity contribution in [2.75, 3.05) is 19.7 Å². The summed E-state index contributed by atoms with van der Waals surface area (Å²) in [7, 11) is 0. The molecule has 1 aromatic heterocycles. The number of rotatable bonds is 9. The number of ether oxygens (including phenoxy) is 1. The fourth-order valence-corrected chi connectivity index (χ4v) is 5.27. The first-order chi connectivity index (χ1) is 16.9. The normalized spacial score (nSPS) is 12.1. The number of aliphatic carboxylic acids is 1. The molecule has 0 unspecified atom stereocenters. The molecule has 3 aromatic rings. The van der Waals surface area contributed by atoms with Crippen molar-refractivity contribution < 1.29 is 24.2 Å². The lowest BCUT2D eigenvalue weighted by Gasteiger charge is -2.19. The van der Waals surface area contributed by atoms with Crippen LogP contribution in [-0.2, 0) is 16.1 Å². The predicted octanol–water partition coefficient (Wildman–Crippen LogP) is 4.43. The van der Waals surface area contributed by atoms with E-state index in [0.717, 1.165) is 22.3 Å². The molecule has 0 aliphatic heterocycles. The summed E-state index contributed by atoms with van der Waals surface area (Å²) in [4.78, 5) is 42.4. The minimum absolute atomic E-state index is 0.0229. The molecule has 0 fully saturated rings. The Kier molecular flexibility index (Phi) is 7.45. The monoisotopic (exact) mass is 493 g/mol. The molecule has 2 N–H and O–H groups in total. The number of hydrogen-bond acceptors (Lipinski definition) is 6. The van der Waals surface area contributed by atoms with E-state index in [1.807, 2.05) is 24.3 Å². The lowest BCUT2D eigenvalue weighted by molar-refractivity contribution is -0.137. The van der Waals surface area contributed by atoms with E-state index in [2.05, 4.69) is 34.6 Å². The third kappa shape index (κ3) is 5.35. The highest BCUT2D eigenvalue weighted by molar-refractivity contribution is 7.13. The van der Waals surface area contributed by atoms with Gasteiger partial charge in [-0.3, -0.25) is 9.59 Å². The van der Waals surface area contributed by atoms with Gasteiger partial charge >= 0.3 is 12.1 Å². The van der Waals surface area contributed by atoms with Gasteiger partial charge in [0.25, 0.3) is 5.91 Å². The fraction of sp³-hybridized carbons (Fsp3) is 0.308. The Bertz CT molecular complexity index is 1210. The van der Waals surface area contributed by atoms with E-state index < -0.39 is 12.1 Å². The Labute approximate surface area is 207 Å². The van der Waals surface area contributed by atoms with Crippen molar-refractivity contribution in [2.24, 2.45) is 0 Å². The molecule has 0 radical (unpaired) electrons. The molecule has 0 saturated carbocycles. The van der Waals surface area contributed by atoms with Crippen LogP contribution in [0.1, 0.15) is 50.8 Å². The maximum atomic E-state index is 12.8. The molecular formula is C26H27N3O5S. The molecule has 0 bridgehead atoms. The van der Waals surface area contributed by atoms with Gasteiger partial charge in [-0.05, 0) is 36.1 Å². The summed E-state index contributed by atoms with van der Waals surface area (Å²) < 4.78 is 5.55. The van der Waals surface area contributed by atoms with Crippen LogP contribution in [0.5, 0.6) is 0 Å². The van der Waals surface area contributed by atoms with E-state index in [-0.39, 0.29) is 37.9 Å². The van der Waals surface area contributed by atoms with Gasteiger partial charge in [0, 0.05) is 19.0 Å². The van der Waals surface area contributed by atoms with Crippen LogP contribution in [0, 0.1) is 6.92 Å². The number of carboxylic acid groups (broad SMARTS) is 1. The van der Waals surface area contributed by atoms with Gasteiger partial charge in [-0.25, -0.2) is 9.78 Å². The van der Waals surface area contributed by atoms with Crippen LogP contribution < -0.4 is 5.32 Å². The second-order valence-corrected chi connectivity index (χ2v) is 9.31. The maximum absolute atomic E-state index is 12.8. The minimum Gasteiger partial charge on any atom is -0.481 e. The second kappa shape index (κ2) is 10.7. The van der Waals surface area contributed by atoms with Gasteiger partial charge in [0.1, 0.15) is 16.5 Å². The number of alkyl carbamates (subject to hydrolysis) is 1. The van der Waals surface area contributed by atoms with E-state index >= 15 is 0 Å². The molecule has 9 heteroatoms. The minimum atomic E-state index is -0.953. The molecule has 0 saturated heterocycles. The highest BCUT2D eigenvalue weighted by Gasteiger charge is 2.29. The summed E-state index contributed by atoms with van der Waals surface area (Å²) in [5.74, 6) is -1.23. The first-order valence-electron chi connectivity index (χ1n) is 11.4. The second-order valence-electron chi connectivity index (χ2n) is 8.23. The van der Waals surface area contributed by atoms with Crippen LogP contribution in [-0.4, -0.2) is 52.7 Å². The summed E-state index contributed by atoms with van der Waals surface area (Å²) in [6.07, 6.45) is -0.669. The third-order valence-corrected chi connectivity index (χ3v) is 7.17. The highest BCUT2D eigenvalue weighted by Crippen LogP contribution is 2.44. The summed E-state index contributed by atoms with van der Waals surface area (Å²) in [6, 6.07) is 16.3. The average molecular weight is 494 g/mol. The fourth-order valence-electron chi connectivity index (χ4n) is 4.30. The number of carboxylic acids is 1. The standard InChI is InChI=1S/C26H27N3O5S/c1-3-29(13-12-23(30)31)25(32)24-16(2)28-22(35-24)14-27-26(33)34-15-21-19-10-6-4-8-17(19)18-9-5-7-11-20(18)21/h4-11,21H,3,12-15H2,1-2H3,(H,27,33)(H,30,31). The SMILES string of the molecule is CCN(CCC(=O)O)C(=O)c1sc(CNC(=O)OCC2c3ccccc3-c3ccccc32)nc1C. The smallest absolute Gasteiger partial charge is 0.407 e. The Balaban J connectivity index is 1.34. The first-order valence-corrected chi connectivity index (χ1v) is 12.3. The first kappa shape index (κ1) is 24.4. The van der Waals surface area contributed by atoms with E-state index in [1.54, 1.807) is 13.8 Å². The number of carbonyl (C=O) groups is 3. The van der Waals surface area contributed by atoms with Crippen molar-refractivity contribution in [2.45, 2.75) is 32.7 Å². The number of nitrogens with one attached hydrogen (secondary N) is 1. The topological polar surface area (TPSA) is 109 Å². The molecule has 1 heterocycles. The third-order valence-electron chi connectivity index (χ3n) is 6.03. The summed E-state index contributed by atoms with van der Waals surface area (Å²) in [5.41, 5.74) is 5.17. The van der Waals surface area contributed by atoms with E-state index in [9.17, 15) is 14.4 Å². The van der Waals surface area contributed by atoms with Gasteiger partial charge in [-0.15, -0.1) is 11.3 Å². The summed E-state index contributed by atoms with van der Waals surface area (Å²) in [6.45, 7) is 4.42. The van der Waals surface area contributed by atoms with Gasteiger partial charge in [0.15, 0.2) is 0 Å². The molecular weight excluding hydrogens is 466 g/mol. The maximum Gasteiger partial charge on any atom is 0.407 e. The number of amides is 2. The summed E-state index contributed by atoms with van der Waals surface area (Å²) >= 11 is 1.19. The Morgan fingerprint density at radius 3 is 2.31 bits per heavy atom. The van der Waals surface area contributed by atoms with Crippen molar-refractivity contribution >= 4 is 29.3 Å². The lowest BCUT2D eigenvalue weighted by atomic mass is 9.98. The molecule has 182 valence electrons. The number of aromatic nitrogens is 1. The molecule has 35 heavy (non-hydrogen) atoms. The number of hydrogen-bond donors (Lipinski definition) is 2. The van der Waals surface area contributed by atoms with Crippen molar-refractivity contribution in [1.29, 1.82) is 0 Å². The van der Waals surface area contributed by atoms with Crippen molar-refractivity contribution in [3.63, 3.8) is 0 Å². The molecule has 1 aliphatic carbocycles. The van der Waals surface area contributed by atoms with E-state index in [1.165, 1.54) is 16.2 Å². The van der Waals surface area contributed by atoms with Gasteiger partial charge in [0.05, 0.1) is 18.7 Å². The van der Waals surface area contributed by atoms with Crippen LogP contribution in [0.4, 0.5) is 4.79 Å². The number of fused-ring (bicyclic) bond motifs is 3. The van der Waals surface area contributed by atoms with Gasteiger partial charge in [-0.2, -0.15) is 0 Å². The van der Waals surface area contributed by atoms with Crippen LogP contribution >= 0.6 is 11.3 Å². The number of aryl methyl sites for hydroxylation is 1. The van der Waals surface area contributed by atoms with Crippen LogP contribution in [0.25, 0.3) is 11.1 Å². The van der Waals surface area contributed by atoms with Crippen LogP contribution in [0.3, 0.4) is 0 Å². The Morgan fingerprint density at radius 1 is 1.09 bits per heavy atom. The van der Waals surface area contributed by atoms with Crippen molar-refractivity contribution in [1.82, 2.24) is 15.2 Å². The molecule has 2 aromatic carbocycles. The van der Waals surface area contributed by atoms with Crippen molar-refractivity contribution in [3.8, 4) is 11.1 Å². The molecule has 0 atom stereocenters. The van der Waals surface area contributed by atoms with E-state index in [0.29, 0.717) is 22.1 Å². The van der Waals surface area contributed by atoms with Gasteiger partial charge < -0.3 is 20.1 Å². The lowest BCUT2D eigenvalue weighted by Crippen LogP contribution is -2.32. The molecule has 4 rings (SSSR count). The zero-order chi connectivity index (χ0) is 24.9. The summed E-state index contributed by atoms with van der Waals surface area (Å²) in [5, 5.41) is 12.2. The zero-order valence-electron chi connectivity index (χ0n) is 19.6. The molecule has 1 aliphatic rings. The highest BCUT2D eigenvalue weighted by atomic mass is 32.1. The average Bonchev–Trinajstić information content (AvgIpc) is 3.39. The molecule has 2 amide bonds. The number of thiazole rings is 1. The van der Waals surface area contributed by atoms with Crippen molar-refractivity contribution in [3.05, 3.63) is 75.2 Å². The quantitative estimate of drug-likeness (QED) is 0.457. The Hall–Kier alpha value is -3.72. The number of nitrogens with zero attached hydrogens (tertiary/aromatic N) is 2.